The molecule has 1 aliphatic rings. The zero-order valence-corrected chi connectivity index (χ0v) is 24.7. The third kappa shape index (κ3) is 6.34. The third-order valence-corrected chi connectivity index (χ3v) is 7.13. The normalized spacial score (nSPS) is 14.1. The van der Waals surface area contributed by atoms with Crippen LogP contribution in [0.5, 0.6) is 5.88 Å². The molecule has 0 radical (unpaired) electrons. The van der Waals surface area contributed by atoms with Gasteiger partial charge in [-0.1, -0.05) is 30.3 Å². The number of para-hydroxylation sites is 1. The first-order valence-electron chi connectivity index (χ1n) is 14.0. The lowest BCUT2D eigenvalue weighted by atomic mass is 9.98. The Morgan fingerprint density at radius 2 is 1.76 bits per heavy atom. The standard InChI is InChI=1S/C32H38N8O/c1-21-10-9-11-24(18-21)40(38-31-34-22(2)19-28(36-31)41-6)30-26(20-33)29(25-12-7-8-13-27(25)35-30)39-16-14-23(15-17-39)37-32(3,4)5/h7-13,18-19,23,37H,14-17H2,1-6H3,(H,34,36,38). The van der Waals surface area contributed by atoms with E-state index in [-0.39, 0.29) is 5.54 Å². The maximum atomic E-state index is 10.7. The highest BCUT2D eigenvalue weighted by molar-refractivity contribution is 5.98. The topological polar surface area (TPSA) is 102 Å². The van der Waals surface area contributed by atoms with Crippen LogP contribution in [0.3, 0.4) is 0 Å². The number of rotatable bonds is 7. The summed E-state index contributed by atoms with van der Waals surface area (Å²) in [6, 6.07) is 20.8. The lowest BCUT2D eigenvalue weighted by Gasteiger charge is -2.38. The number of aromatic nitrogens is 3. The van der Waals surface area contributed by atoms with Crippen LogP contribution in [0.15, 0.2) is 54.6 Å². The van der Waals surface area contributed by atoms with Crippen molar-refractivity contribution in [2.24, 2.45) is 0 Å². The van der Waals surface area contributed by atoms with Crippen molar-refractivity contribution >= 4 is 34.0 Å². The summed E-state index contributed by atoms with van der Waals surface area (Å²) in [5.41, 5.74) is 8.26. The fraction of sp³-hybridized carbons (Fsp3) is 0.375. The molecule has 9 heteroatoms. The van der Waals surface area contributed by atoms with Gasteiger partial charge in [-0.05, 0) is 71.2 Å². The van der Waals surface area contributed by atoms with Crippen LogP contribution in [-0.4, -0.2) is 46.7 Å². The minimum Gasteiger partial charge on any atom is -0.481 e. The fourth-order valence-electron chi connectivity index (χ4n) is 5.44. The summed E-state index contributed by atoms with van der Waals surface area (Å²) >= 11 is 0. The zero-order valence-electron chi connectivity index (χ0n) is 24.7. The van der Waals surface area contributed by atoms with Crippen LogP contribution in [0.1, 0.15) is 50.4 Å². The molecule has 3 heterocycles. The molecule has 2 aromatic carbocycles. The summed E-state index contributed by atoms with van der Waals surface area (Å²) in [5.74, 6) is 1.28. The molecule has 1 saturated heterocycles. The van der Waals surface area contributed by atoms with E-state index in [1.54, 1.807) is 13.2 Å². The Morgan fingerprint density at radius 3 is 2.44 bits per heavy atom. The van der Waals surface area contributed by atoms with Gasteiger partial charge in [0.1, 0.15) is 11.6 Å². The van der Waals surface area contributed by atoms with Gasteiger partial charge in [0.25, 0.3) is 0 Å². The first-order chi connectivity index (χ1) is 19.6. The highest BCUT2D eigenvalue weighted by Gasteiger charge is 2.29. The predicted octanol–water partition coefficient (Wildman–Crippen LogP) is 6.04. The molecule has 0 spiro atoms. The Kier molecular flexibility index (Phi) is 7.95. The minimum absolute atomic E-state index is 0.0573. The Balaban J connectivity index is 1.64. The maximum Gasteiger partial charge on any atom is 0.245 e. The van der Waals surface area contributed by atoms with Crippen LogP contribution in [0.25, 0.3) is 10.9 Å². The number of nitriles is 1. The van der Waals surface area contributed by atoms with E-state index in [2.05, 4.69) is 58.5 Å². The van der Waals surface area contributed by atoms with E-state index < -0.39 is 0 Å². The number of pyridine rings is 1. The van der Waals surface area contributed by atoms with Crippen LogP contribution >= 0.6 is 0 Å². The number of hydrogen-bond acceptors (Lipinski definition) is 9. The quantitative estimate of drug-likeness (QED) is 0.266. The minimum atomic E-state index is 0.0573. The number of piperidine rings is 1. The second-order valence-corrected chi connectivity index (χ2v) is 11.6. The molecule has 1 aliphatic heterocycles. The second kappa shape index (κ2) is 11.6. The second-order valence-electron chi connectivity index (χ2n) is 11.6. The van der Waals surface area contributed by atoms with Crippen molar-refractivity contribution in [2.45, 2.75) is 59.0 Å². The van der Waals surface area contributed by atoms with E-state index in [0.717, 1.165) is 59.5 Å². The van der Waals surface area contributed by atoms with Crippen molar-refractivity contribution in [3.05, 3.63) is 71.4 Å². The number of aryl methyl sites for hydroxylation is 2. The molecular formula is C32H38N8O. The lowest BCUT2D eigenvalue weighted by Crippen LogP contribution is -2.49. The van der Waals surface area contributed by atoms with Crippen molar-refractivity contribution in [1.29, 1.82) is 5.26 Å². The number of hydrogen-bond donors (Lipinski definition) is 2. The first-order valence-corrected chi connectivity index (χ1v) is 14.0. The summed E-state index contributed by atoms with van der Waals surface area (Å²) in [5, 5.41) is 17.2. The van der Waals surface area contributed by atoms with Gasteiger partial charge in [-0.2, -0.15) is 10.2 Å². The molecule has 41 heavy (non-hydrogen) atoms. The van der Waals surface area contributed by atoms with Crippen LogP contribution < -0.4 is 25.4 Å². The van der Waals surface area contributed by atoms with Gasteiger partial charge < -0.3 is 15.0 Å². The number of hydrazine groups is 1. The molecule has 0 aliphatic carbocycles. The maximum absolute atomic E-state index is 10.7. The highest BCUT2D eigenvalue weighted by atomic mass is 16.5. The van der Waals surface area contributed by atoms with Gasteiger partial charge in [-0.25, -0.2) is 15.0 Å². The van der Waals surface area contributed by atoms with E-state index in [4.69, 9.17) is 9.72 Å². The van der Waals surface area contributed by atoms with Gasteiger partial charge in [0.2, 0.25) is 11.8 Å². The average molecular weight is 551 g/mol. The van der Waals surface area contributed by atoms with Crippen LogP contribution in [-0.2, 0) is 0 Å². The fourth-order valence-corrected chi connectivity index (χ4v) is 5.44. The van der Waals surface area contributed by atoms with E-state index in [1.807, 2.05) is 61.3 Å². The van der Waals surface area contributed by atoms with Crippen LogP contribution in [0.2, 0.25) is 0 Å². The Bertz CT molecular complexity index is 1580. The van der Waals surface area contributed by atoms with Gasteiger partial charge in [0.05, 0.1) is 24.0 Å². The van der Waals surface area contributed by atoms with Gasteiger partial charge >= 0.3 is 0 Å². The number of benzene rings is 2. The van der Waals surface area contributed by atoms with Crippen molar-refractivity contribution in [2.75, 3.05) is 35.5 Å². The zero-order chi connectivity index (χ0) is 29.1. The SMILES string of the molecule is COc1cc(C)nc(NN(c2cccc(C)c2)c2nc3ccccc3c(N3CCC(NC(C)(C)C)CC3)c2C#N)n1. The molecule has 9 nitrogen and oxygen atoms in total. The Hall–Kier alpha value is -4.42. The van der Waals surface area contributed by atoms with E-state index in [0.29, 0.717) is 29.3 Å². The molecule has 1 fully saturated rings. The Morgan fingerprint density at radius 1 is 1.00 bits per heavy atom. The molecule has 2 aromatic heterocycles. The molecule has 0 saturated carbocycles. The van der Waals surface area contributed by atoms with Crippen molar-refractivity contribution in [3.63, 3.8) is 0 Å². The molecule has 0 atom stereocenters. The molecule has 212 valence electrons. The molecular weight excluding hydrogens is 512 g/mol. The average Bonchev–Trinajstić information content (AvgIpc) is 2.94. The van der Waals surface area contributed by atoms with Crippen molar-refractivity contribution < 1.29 is 4.74 Å². The third-order valence-electron chi connectivity index (χ3n) is 7.13. The van der Waals surface area contributed by atoms with E-state index in [1.165, 1.54) is 0 Å². The molecule has 5 rings (SSSR count). The van der Waals surface area contributed by atoms with E-state index in [9.17, 15) is 5.26 Å². The summed E-state index contributed by atoms with van der Waals surface area (Å²) in [6.45, 7) is 12.2. The van der Waals surface area contributed by atoms with Crippen LogP contribution in [0, 0.1) is 25.2 Å². The first kappa shape index (κ1) is 28.1. The summed E-state index contributed by atoms with van der Waals surface area (Å²) < 4.78 is 5.40. The van der Waals surface area contributed by atoms with Gasteiger partial charge in [-0.3, -0.25) is 5.43 Å². The molecule has 4 aromatic rings. The largest absolute Gasteiger partial charge is 0.481 e. The van der Waals surface area contributed by atoms with Gasteiger partial charge in [0.15, 0.2) is 5.82 Å². The molecule has 0 bridgehead atoms. The number of fused-ring (bicyclic) bond motifs is 1. The molecule has 0 unspecified atom stereocenters. The number of nitrogens with one attached hydrogen (secondary N) is 2. The van der Waals surface area contributed by atoms with Crippen molar-refractivity contribution in [1.82, 2.24) is 20.3 Å². The lowest BCUT2D eigenvalue weighted by molar-refractivity contribution is 0.317. The summed E-state index contributed by atoms with van der Waals surface area (Å²) in [4.78, 5) is 16.5. The number of anilines is 4. The van der Waals surface area contributed by atoms with Gasteiger partial charge in [0, 0.05) is 41.8 Å². The van der Waals surface area contributed by atoms with E-state index >= 15 is 0 Å². The van der Waals surface area contributed by atoms with Crippen molar-refractivity contribution in [3.8, 4) is 11.9 Å². The number of ether oxygens (including phenoxy) is 1. The number of methoxy groups -OCH3 is 1. The summed E-state index contributed by atoms with van der Waals surface area (Å²) in [6.07, 6.45) is 1.98. The van der Waals surface area contributed by atoms with Gasteiger partial charge in [-0.15, -0.1) is 0 Å². The molecule has 2 N–H and O–H groups in total. The smallest absolute Gasteiger partial charge is 0.245 e. The predicted molar refractivity (Wildman–Crippen MR) is 165 cm³/mol. The highest BCUT2D eigenvalue weighted by Crippen LogP contribution is 2.39. The molecule has 0 amide bonds. The summed E-state index contributed by atoms with van der Waals surface area (Å²) in [7, 11) is 1.58. The monoisotopic (exact) mass is 550 g/mol. The number of nitrogens with zero attached hydrogens (tertiary/aromatic N) is 6. The Labute approximate surface area is 242 Å². The van der Waals surface area contributed by atoms with Crippen LogP contribution in [0.4, 0.5) is 23.1 Å².